The molecule has 1 saturated heterocycles. The predicted octanol–water partition coefficient (Wildman–Crippen LogP) is 4.20. The minimum absolute atomic E-state index is 0.0532. The zero-order valence-electron chi connectivity index (χ0n) is 13.9. The quantitative estimate of drug-likeness (QED) is 0.748. The Bertz CT molecular complexity index is 926. The first-order chi connectivity index (χ1) is 12.4. The highest BCUT2D eigenvalue weighted by Crippen LogP contribution is 2.32. The molecular weight excluding hydrogens is 394 g/mol. The summed E-state index contributed by atoms with van der Waals surface area (Å²) < 4.78 is 27.1. The van der Waals surface area contributed by atoms with Crippen molar-refractivity contribution in [2.75, 3.05) is 13.1 Å². The molecule has 1 fully saturated rings. The third-order valence-electron chi connectivity index (χ3n) is 4.17. The SMILES string of the molecule is O=C(O)/C(=C/c1ccc(Cl)cc1)c1ccc(S(=O)(=O)N2CCCCC2)s1. The first kappa shape index (κ1) is 19.1. The van der Waals surface area contributed by atoms with Crippen LogP contribution in [0.4, 0.5) is 0 Å². The number of hydrogen-bond donors (Lipinski definition) is 1. The second kappa shape index (κ2) is 7.92. The van der Waals surface area contributed by atoms with Crippen molar-refractivity contribution in [3.05, 3.63) is 51.9 Å². The zero-order chi connectivity index (χ0) is 18.7. The van der Waals surface area contributed by atoms with Crippen molar-refractivity contribution < 1.29 is 18.3 Å². The van der Waals surface area contributed by atoms with Crippen LogP contribution in [0.5, 0.6) is 0 Å². The van der Waals surface area contributed by atoms with Crippen LogP contribution in [0.2, 0.25) is 5.02 Å². The molecule has 0 radical (unpaired) electrons. The lowest BCUT2D eigenvalue weighted by atomic mass is 10.1. The second-order valence-corrected chi connectivity index (χ2v) is 9.68. The minimum Gasteiger partial charge on any atom is -0.478 e. The Kier molecular flexibility index (Phi) is 5.82. The lowest BCUT2D eigenvalue weighted by Gasteiger charge is -2.25. The third-order valence-corrected chi connectivity index (χ3v) is 7.90. The van der Waals surface area contributed by atoms with Gasteiger partial charge in [0, 0.05) is 23.0 Å². The molecule has 2 heterocycles. The van der Waals surface area contributed by atoms with E-state index in [2.05, 4.69) is 0 Å². The smallest absolute Gasteiger partial charge is 0.337 e. The molecule has 0 atom stereocenters. The van der Waals surface area contributed by atoms with Crippen LogP contribution in [0.25, 0.3) is 11.6 Å². The van der Waals surface area contributed by atoms with Gasteiger partial charge < -0.3 is 5.11 Å². The predicted molar refractivity (Wildman–Crippen MR) is 104 cm³/mol. The second-order valence-electron chi connectivity index (χ2n) is 6.00. The van der Waals surface area contributed by atoms with Gasteiger partial charge in [-0.05, 0) is 48.7 Å². The highest BCUT2D eigenvalue weighted by molar-refractivity contribution is 7.91. The summed E-state index contributed by atoms with van der Waals surface area (Å²) in [6, 6.07) is 9.82. The third kappa shape index (κ3) is 4.17. The average Bonchev–Trinajstić information content (AvgIpc) is 3.12. The average molecular weight is 412 g/mol. The summed E-state index contributed by atoms with van der Waals surface area (Å²) >= 11 is 6.84. The van der Waals surface area contributed by atoms with Gasteiger partial charge in [0.1, 0.15) is 4.21 Å². The van der Waals surface area contributed by atoms with E-state index >= 15 is 0 Å². The van der Waals surface area contributed by atoms with Crippen LogP contribution in [0.15, 0.2) is 40.6 Å². The molecule has 1 N–H and O–H groups in total. The maximum atomic E-state index is 12.7. The van der Waals surface area contributed by atoms with Crippen LogP contribution < -0.4 is 0 Å². The van der Waals surface area contributed by atoms with E-state index in [9.17, 15) is 18.3 Å². The molecule has 0 amide bonds. The highest BCUT2D eigenvalue weighted by Gasteiger charge is 2.28. The maximum absolute atomic E-state index is 12.7. The van der Waals surface area contributed by atoms with Crippen LogP contribution in [0, 0.1) is 0 Å². The van der Waals surface area contributed by atoms with Gasteiger partial charge in [-0.3, -0.25) is 0 Å². The van der Waals surface area contributed by atoms with E-state index in [1.54, 1.807) is 30.3 Å². The lowest BCUT2D eigenvalue weighted by Crippen LogP contribution is -2.35. The number of carboxylic acids is 1. The van der Waals surface area contributed by atoms with Crippen molar-refractivity contribution >= 4 is 50.6 Å². The number of sulfonamides is 1. The summed E-state index contributed by atoms with van der Waals surface area (Å²) in [6.07, 6.45) is 4.26. The first-order valence-electron chi connectivity index (χ1n) is 8.19. The zero-order valence-corrected chi connectivity index (χ0v) is 16.3. The molecule has 1 aliphatic rings. The number of piperidine rings is 1. The molecule has 1 aliphatic heterocycles. The molecular formula is C18H18ClNO4S2. The van der Waals surface area contributed by atoms with E-state index in [4.69, 9.17) is 11.6 Å². The molecule has 0 aliphatic carbocycles. The topological polar surface area (TPSA) is 74.7 Å². The van der Waals surface area contributed by atoms with E-state index in [0.717, 1.165) is 30.6 Å². The molecule has 26 heavy (non-hydrogen) atoms. The number of aliphatic carboxylic acids is 1. The fraction of sp³-hybridized carbons (Fsp3) is 0.278. The van der Waals surface area contributed by atoms with Crippen LogP contribution in [-0.4, -0.2) is 36.9 Å². The van der Waals surface area contributed by atoms with Gasteiger partial charge in [0.2, 0.25) is 0 Å². The molecule has 2 aromatic rings. The number of carbonyl (C=O) groups is 1. The number of nitrogens with zero attached hydrogens (tertiary/aromatic N) is 1. The van der Waals surface area contributed by atoms with Crippen molar-refractivity contribution in [3.63, 3.8) is 0 Å². The maximum Gasteiger partial charge on any atom is 0.337 e. The van der Waals surface area contributed by atoms with Gasteiger partial charge in [0.05, 0.1) is 5.57 Å². The van der Waals surface area contributed by atoms with Crippen molar-refractivity contribution in [2.24, 2.45) is 0 Å². The molecule has 1 aromatic carbocycles. The molecule has 3 rings (SSSR count). The van der Waals surface area contributed by atoms with E-state index < -0.39 is 16.0 Å². The number of thiophene rings is 1. The van der Waals surface area contributed by atoms with Crippen LogP contribution in [0.3, 0.4) is 0 Å². The molecule has 0 spiro atoms. The highest BCUT2D eigenvalue weighted by atomic mass is 35.5. The fourth-order valence-corrected chi connectivity index (χ4v) is 5.91. The lowest BCUT2D eigenvalue weighted by molar-refractivity contribution is -0.130. The van der Waals surface area contributed by atoms with Crippen LogP contribution >= 0.6 is 22.9 Å². The monoisotopic (exact) mass is 411 g/mol. The van der Waals surface area contributed by atoms with Gasteiger partial charge in [-0.25, -0.2) is 13.2 Å². The van der Waals surface area contributed by atoms with Crippen LogP contribution in [-0.2, 0) is 14.8 Å². The van der Waals surface area contributed by atoms with E-state index in [-0.39, 0.29) is 9.78 Å². The van der Waals surface area contributed by atoms with Gasteiger partial charge in [-0.2, -0.15) is 4.31 Å². The van der Waals surface area contributed by atoms with Crippen molar-refractivity contribution in [3.8, 4) is 0 Å². The van der Waals surface area contributed by atoms with Gasteiger partial charge in [-0.15, -0.1) is 11.3 Å². The Morgan fingerprint density at radius 3 is 2.35 bits per heavy atom. The Balaban J connectivity index is 1.93. The van der Waals surface area contributed by atoms with E-state index in [1.165, 1.54) is 16.4 Å². The molecule has 0 unspecified atom stereocenters. The molecule has 1 aromatic heterocycles. The summed E-state index contributed by atoms with van der Waals surface area (Å²) in [5.74, 6) is -1.11. The van der Waals surface area contributed by atoms with Gasteiger partial charge >= 0.3 is 5.97 Å². The standard InChI is InChI=1S/C18H18ClNO4S2/c19-14-6-4-13(5-7-14)12-15(18(21)22)16-8-9-17(25-16)26(23,24)20-10-2-1-3-11-20/h4-9,12H,1-3,10-11H2,(H,21,22)/b15-12+. The summed E-state index contributed by atoms with van der Waals surface area (Å²) in [4.78, 5) is 12.1. The summed E-state index contributed by atoms with van der Waals surface area (Å²) in [5, 5.41) is 10.1. The van der Waals surface area contributed by atoms with E-state index in [0.29, 0.717) is 28.6 Å². The molecule has 0 bridgehead atoms. The van der Waals surface area contributed by atoms with Gasteiger partial charge in [-0.1, -0.05) is 30.2 Å². The largest absolute Gasteiger partial charge is 0.478 e. The first-order valence-corrected chi connectivity index (χ1v) is 10.8. The number of rotatable bonds is 5. The number of benzene rings is 1. The number of hydrogen-bond acceptors (Lipinski definition) is 4. The van der Waals surface area contributed by atoms with Crippen molar-refractivity contribution in [1.82, 2.24) is 4.31 Å². The Labute approximate surface area is 161 Å². The van der Waals surface area contributed by atoms with Gasteiger partial charge in [0.25, 0.3) is 10.0 Å². The normalized spacial score (nSPS) is 16.6. The van der Waals surface area contributed by atoms with E-state index in [1.807, 2.05) is 0 Å². The summed E-state index contributed by atoms with van der Waals surface area (Å²) in [7, 11) is -3.56. The molecule has 0 saturated carbocycles. The van der Waals surface area contributed by atoms with Gasteiger partial charge in [0.15, 0.2) is 0 Å². The Morgan fingerprint density at radius 1 is 1.08 bits per heavy atom. The number of carboxylic acid groups (broad SMARTS) is 1. The Morgan fingerprint density at radius 2 is 1.73 bits per heavy atom. The Hall–Kier alpha value is -1.67. The van der Waals surface area contributed by atoms with Crippen LogP contribution in [0.1, 0.15) is 29.7 Å². The van der Waals surface area contributed by atoms with Crippen molar-refractivity contribution in [1.29, 1.82) is 0 Å². The molecule has 138 valence electrons. The minimum atomic E-state index is -3.56. The molecule has 8 heteroatoms. The summed E-state index contributed by atoms with van der Waals surface area (Å²) in [6.45, 7) is 1.03. The number of halogens is 1. The molecule has 5 nitrogen and oxygen atoms in total. The van der Waals surface area contributed by atoms with Crippen molar-refractivity contribution in [2.45, 2.75) is 23.5 Å². The fourth-order valence-electron chi connectivity index (χ4n) is 2.80. The summed E-state index contributed by atoms with van der Waals surface area (Å²) in [5.41, 5.74) is 0.734.